The van der Waals surface area contributed by atoms with E-state index in [9.17, 15) is 13.2 Å². The van der Waals surface area contributed by atoms with Crippen LogP contribution in [0.15, 0.2) is 48.5 Å². The third-order valence-corrected chi connectivity index (χ3v) is 6.89. The Morgan fingerprint density at radius 2 is 1.68 bits per heavy atom. The van der Waals surface area contributed by atoms with Crippen molar-refractivity contribution in [3.05, 3.63) is 76.9 Å². The molecule has 0 aliphatic heterocycles. The molecule has 0 amide bonds. The van der Waals surface area contributed by atoms with Crippen molar-refractivity contribution in [2.75, 3.05) is 0 Å². The topological polar surface area (TPSA) is 9.23 Å². The third kappa shape index (κ3) is 5.91. The average molecular weight is 469 g/mol. The van der Waals surface area contributed by atoms with E-state index < -0.39 is 24.0 Å². The number of rotatable bonds is 6. The number of hydrogen-bond acceptors (Lipinski definition) is 1. The first-order valence-electron chi connectivity index (χ1n) is 11.9. The van der Waals surface area contributed by atoms with Crippen molar-refractivity contribution in [3.8, 4) is 17.6 Å². The summed E-state index contributed by atoms with van der Waals surface area (Å²) >= 11 is 0. The number of alkyl halides is 2. The van der Waals surface area contributed by atoms with Crippen LogP contribution in [0.25, 0.3) is 10.8 Å². The Bertz CT molecular complexity index is 1200. The summed E-state index contributed by atoms with van der Waals surface area (Å²) in [7, 11) is 0. The van der Waals surface area contributed by atoms with Gasteiger partial charge in [-0.2, -0.15) is 8.78 Å². The summed E-state index contributed by atoms with van der Waals surface area (Å²) in [5, 5.41) is 1.32. The molecule has 0 bridgehead atoms. The monoisotopic (exact) mass is 468 g/mol. The minimum atomic E-state index is -3.11. The van der Waals surface area contributed by atoms with E-state index in [4.69, 9.17) is 0 Å². The maximum atomic E-state index is 15.1. The Labute approximate surface area is 198 Å². The highest BCUT2D eigenvalue weighted by Crippen LogP contribution is 2.33. The van der Waals surface area contributed by atoms with Gasteiger partial charge in [0.05, 0.1) is 5.56 Å². The van der Waals surface area contributed by atoms with Crippen molar-refractivity contribution in [1.82, 2.24) is 0 Å². The molecular weight excluding hydrogens is 440 g/mol. The van der Waals surface area contributed by atoms with Gasteiger partial charge in [-0.1, -0.05) is 75.1 Å². The number of ether oxygens (including phenoxy) is 1. The van der Waals surface area contributed by atoms with Gasteiger partial charge in [-0.05, 0) is 59.9 Å². The molecule has 0 atom stereocenters. The molecule has 4 rings (SSSR count). The fourth-order valence-corrected chi connectivity index (χ4v) is 4.80. The standard InChI is InChI=1S/C29H28F4O/c1-2-19-3-5-20(6-4-19)7-8-21-10-15-25-24(17-21)14-13-23(28(25)31)12-9-22-11-16-27(26(30)18-22)34-29(32)33/h10-11,13-20,29H,2-8H2,1H3. The summed E-state index contributed by atoms with van der Waals surface area (Å²) in [4.78, 5) is 0. The largest absolute Gasteiger partial charge is 0.432 e. The molecule has 0 aromatic heterocycles. The van der Waals surface area contributed by atoms with E-state index in [2.05, 4.69) is 23.5 Å². The minimum absolute atomic E-state index is 0.196. The van der Waals surface area contributed by atoms with Crippen LogP contribution in [0.5, 0.6) is 5.75 Å². The van der Waals surface area contributed by atoms with Crippen molar-refractivity contribution in [2.24, 2.45) is 11.8 Å². The Hall–Kier alpha value is -3.00. The quantitative estimate of drug-likeness (QED) is 0.261. The van der Waals surface area contributed by atoms with Gasteiger partial charge in [0, 0.05) is 10.9 Å². The number of hydrogen-bond donors (Lipinski definition) is 0. The minimum Gasteiger partial charge on any atom is -0.432 e. The fourth-order valence-electron chi connectivity index (χ4n) is 4.80. The maximum Gasteiger partial charge on any atom is 0.387 e. The second-order valence-corrected chi connectivity index (χ2v) is 9.09. The molecule has 34 heavy (non-hydrogen) atoms. The zero-order valence-corrected chi connectivity index (χ0v) is 19.2. The van der Waals surface area contributed by atoms with Crippen LogP contribution in [0.4, 0.5) is 17.6 Å². The molecule has 0 radical (unpaired) electrons. The van der Waals surface area contributed by atoms with Gasteiger partial charge in [0.1, 0.15) is 5.82 Å². The van der Waals surface area contributed by atoms with Gasteiger partial charge < -0.3 is 4.74 Å². The summed E-state index contributed by atoms with van der Waals surface area (Å²) in [6, 6.07) is 12.7. The van der Waals surface area contributed by atoms with E-state index in [0.717, 1.165) is 35.8 Å². The van der Waals surface area contributed by atoms with Crippen LogP contribution in [0.1, 0.15) is 62.1 Å². The van der Waals surface area contributed by atoms with Crippen molar-refractivity contribution >= 4 is 10.8 Å². The Balaban J connectivity index is 1.45. The molecule has 5 heteroatoms. The molecule has 3 aromatic carbocycles. The lowest BCUT2D eigenvalue weighted by Crippen LogP contribution is -2.14. The van der Waals surface area contributed by atoms with Crippen LogP contribution in [0.2, 0.25) is 0 Å². The molecule has 1 saturated carbocycles. The highest BCUT2D eigenvalue weighted by atomic mass is 19.3. The van der Waals surface area contributed by atoms with E-state index in [-0.39, 0.29) is 11.1 Å². The smallest absolute Gasteiger partial charge is 0.387 e. The molecule has 0 N–H and O–H groups in total. The van der Waals surface area contributed by atoms with Crippen LogP contribution in [-0.2, 0) is 6.42 Å². The van der Waals surface area contributed by atoms with Crippen molar-refractivity contribution < 1.29 is 22.3 Å². The number of halogens is 4. The second-order valence-electron chi connectivity index (χ2n) is 9.09. The molecule has 0 saturated heterocycles. The molecule has 0 heterocycles. The third-order valence-electron chi connectivity index (χ3n) is 6.89. The van der Waals surface area contributed by atoms with E-state index in [1.54, 1.807) is 12.1 Å². The predicted octanol–water partition coefficient (Wildman–Crippen LogP) is 8.27. The zero-order valence-electron chi connectivity index (χ0n) is 19.2. The zero-order chi connectivity index (χ0) is 24.1. The van der Waals surface area contributed by atoms with Gasteiger partial charge in [0.2, 0.25) is 0 Å². The number of benzene rings is 3. The molecule has 1 aliphatic carbocycles. The lowest BCUT2D eigenvalue weighted by molar-refractivity contribution is -0.0521. The average Bonchev–Trinajstić information content (AvgIpc) is 2.84. The van der Waals surface area contributed by atoms with E-state index in [1.165, 1.54) is 50.2 Å². The van der Waals surface area contributed by atoms with Crippen molar-refractivity contribution in [1.29, 1.82) is 0 Å². The van der Waals surface area contributed by atoms with Crippen LogP contribution in [-0.4, -0.2) is 6.61 Å². The highest BCUT2D eigenvalue weighted by Gasteiger charge is 2.19. The molecule has 178 valence electrons. The van der Waals surface area contributed by atoms with Crippen molar-refractivity contribution in [3.63, 3.8) is 0 Å². The maximum absolute atomic E-state index is 15.1. The van der Waals surface area contributed by atoms with Gasteiger partial charge in [-0.3, -0.25) is 0 Å². The van der Waals surface area contributed by atoms with Gasteiger partial charge in [0.25, 0.3) is 0 Å². The van der Waals surface area contributed by atoms with Crippen LogP contribution >= 0.6 is 0 Å². The Morgan fingerprint density at radius 3 is 2.38 bits per heavy atom. The summed E-state index contributed by atoms with van der Waals surface area (Å²) < 4.78 is 57.5. The first kappa shape index (κ1) is 24.1. The normalized spacial score (nSPS) is 18.1. The van der Waals surface area contributed by atoms with E-state index >= 15 is 4.39 Å². The lowest BCUT2D eigenvalue weighted by atomic mass is 9.78. The molecule has 0 spiro atoms. The van der Waals surface area contributed by atoms with E-state index in [0.29, 0.717) is 5.39 Å². The first-order valence-corrected chi connectivity index (χ1v) is 11.9. The molecule has 0 unspecified atom stereocenters. The predicted molar refractivity (Wildman–Crippen MR) is 127 cm³/mol. The molecule has 1 aliphatic rings. The van der Waals surface area contributed by atoms with Crippen molar-refractivity contribution in [2.45, 2.75) is 58.5 Å². The lowest BCUT2D eigenvalue weighted by Gasteiger charge is -2.27. The Morgan fingerprint density at radius 1 is 0.912 bits per heavy atom. The van der Waals surface area contributed by atoms with Crippen LogP contribution in [0, 0.1) is 35.3 Å². The van der Waals surface area contributed by atoms with Gasteiger partial charge in [-0.25, -0.2) is 8.78 Å². The molecule has 3 aromatic rings. The second kappa shape index (κ2) is 11.0. The molecular formula is C29H28F4O. The van der Waals surface area contributed by atoms with Crippen LogP contribution in [0.3, 0.4) is 0 Å². The summed E-state index contributed by atoms with van der Waals surface area (Å²) in [6.07, 6.45) is 8.77. The fraction of sp³-hybridized carbons (Fsp3) is 0.379. The highest BCUT2D eigenvalue weighted by molar-refractivity contribution is 5.85. The SMILES string of the molecule is CCC1CCC(CCc2ccc3c(F)c(C#Cc4ccc(OC(F)F)c(F)c4)ccc3c2)CC1. The van der Waals surface area contributed by atoms with Gasteiger partial charge >= 0.3 is 6.61 Å². The Kier molecular flexibility index (Phi) is 7.77. The van der Waals surface area contributed by atoms with E-state index in [1.807, 2.05) is 18.2 Å². The van der Waals surface area contributed by atoms with Crippen LogP contribution < -0.4 is 4.74 Å². The molecule has 1 nitrogen and oxygen atoms in total. The van der Waals surface area contributed by atoms with Gasteiger partial charge in [0.15, 0.2) is 11.6 Å². The first-order chi connectivity index (χ1) is 16.4. The summed E-state index contributed by atoms with van der Waals surface area (Å²) in [5.74, 6) is 5.17. The molecule has 1 fully saturated rings. The van der Waals surface area contributed by atoms with Gasteiger partial charge in [-0.15, -0.1) is 0 Å². The summed E-state index contributed by atoms with van der Waals surface area (Å²) in [5.41, 5.74) is 1.65. The number of fused-ring (bicyclic) bond motifs is 1. The summed E-state index contributed by atoms with van der Waals surface area (Å²) in [6.45, 7) is -0.832. The number of aryl methyl sites for hydroxylation is 1.